The number of aryl methyl sites for hydroxylation is 3. The topological polar surface area (TPSA) is 38.4 Å². The van der Waals surface area contributed by atoms with Crippen molar-refractivity contribution < 1.29 is 0 Å². The summed E-state index contributed by atoms with van der Waals surface area (Å²) in [5.74, 6) is 0. The fraction of sp³-hybridized carbons (Fsp3) is 0.233. The van der Waals surface area contributed by atoms with E-state index in [9.17, 15) is 0 Å². The Labute approximate surface area is 202 Å². The second-order valence-corrected chi connectivity index (χ2v) is 9.76. The first-order valence-corrected chi connectivity index (χ1v) is 11.8. The standard InChI is InChI=1S/C30H31ClN2/c1-20-10-11-24(21(2)15-20)19-30(4)13-6-9-27(30)25-16-22(3)29(28(31)18-25)33-14-12-23-7-5-8-26(32)17-23/h5-11,13-18H,12,19,32H2,1-4H3. The van der Waals surface area contributed by atoms with E-state index in [0.29, 0.717) is 11.4 Å². The Morgan fingerprint density at radius 1 is 1.00 bits per heavy atom. The van der Waals surface area contributed by atoms with Crippen LogP contribution >= 0.6 is 11.6 Å². The van der Waals surface area contributed by atoms with Crippen LogP contribution in [0.5, 0.6) is 0 Å². The molecule has 0 saturated heterocycles. The molecule has 2 N–H and O–H groups in total. The third-order valence-corrected chi connectivity index (χ3v) is 6.75. The lowest BCUT2D eigenvalue weighted by atomic mass is 9.75. The molecule has 3 aromatic carbocycles. The van der Waals surface area contributed by atoms with Crippen molar-refractivity contribution in [2.75, 3.05) is 5.73 Å². The number of nitrogen functional groups attached to an aromatic ring is 1. The van der Waals surface area contributed by atoms with Gasteiger partial charge in [0.15, 0.2) is 0 Å². The number of rotatable bonds is 6. The molecule has 0 saturated carbocycles. The molecule has 3 aromatic rings. The number of nitrogens with zero attached hydrogens (tertiary/aromatic N) is 1. The van der Waals surface area contributed by atoms with Gasteiger partial charge in [-0.3, -0.25) is 4.99 Å². The molecular formula is C30H31ClN2. The first-order chi connectivity index (χ1) is 15.7. The summed E-state index contributed by atoms with van der Waals surface area (Å²) in [6.07, 6.45) is 10.3. The monoisotopic (exact) mass is 454 g/mol. The van der Waals surface area contributed by atoms with Crippen LogP contribution in [0.25, 0.3) is 5.57 Å². The molecule has 0 fully saturated rings. The van der Waals surface area contributed by atoms with E-state index in [1.165, 1.54) is 22.3 Å². The van der Waals surface area contributed by atoms with E-state index in [1.807, 2.05) is 24.4 Å². The van der Waals surface area contributed by atoms with Gasteiger partial charge >= 0.3 is 0 Å². The van der Waals surface area contributed by atoms with Crippen molar-refractivity contribution in [2.24, 2.45) is 10.4 Å². The highest BCUT2D eigenvalue weighted by atomic mass is 35.5. The molecule has 0 aliphatic heterocycles. The molecule has 0 amide bonds. The predicted molar refractivity (Wildman–Crippen MR) is 144 cm³/mol. The van der Waals surface area contributed by atoms with Gasteiger partial charge in [0.2, 0.25) is 0 Å². The summed E-state index contributed by atoms with van der Waals surface area (Å²) in [7, 11) is 0. The molecule has 2 nitrogen and oxygen atoms in total. The molecule has 4 rings (SSSR count). The van der Waals surface area contributed by atoms with Crippen molar-refractivity contribution in [2.45, 2.75) is 40.5 Å². The molecule has 0 aromatic heterocycles. The van der Waals surface area contributed by atoms with E-state index in [2.05, 4.69) is 87.3 Å². The van der Waals surface area contributed by atoms with Crippen molar-refractivity contribution in [1.82, 2.24) is 0 Å². The van der Waals surface area contributed by atoms with Crippen molar-refractivity contribution in [1.29, 1.82) is 0 Å². The number of anilines is 1. The maximum absolute atomic E-state index is 6.73. The lowest BCUT2D eigenvalue weighted by Crippen LogP contribution is -2.18. The molecule has 0 radical (unpaired) electrons. The number of hydrogen-bond acceptors (Lipinski definition) is 2. The Morgan fingerprint density at radius 3 is 2.55 bits per heavy atom. The van der Waals surface area contributed by atoms with Crippen LogP contribution in [0, 0.1) is 26.2 Å². The summed E-state index contributed by atoms with van der Waals surface area (Å²) in [6, 6.07) is 18.9. The van der Waals surface area contributed by atoms with Gasteiger partial charge in [-0.25, -0.2) is 0 Å². The Balaban J connectivity index is 1.57. The molecule has 0 bridgehead atoms. The largest absolute Gasteiger partial charge is 0.399 e. The van der Waals surface area contributed by atoms with Crippen LogP contribution in [-0.4, -0.2) is 6.21 Å². The van der Waals surface area contributed by atoms with Gasteiger partial charge in [0.1, 0.15) is 0 Å². The molecular weight excluding hydrogens is 424 g/mol. The van der Waals surface area contributed by atoms with Crippen molar-refractivity contribution in [3.63, 3.8) is 0 Å². The van der Waals surface area contributed by atoms with Gasteiger partial charge in [-0.1, -0.05) is 72.6 Å². The number of benzene rings is 3. The van der Waals surface area contributed by atoms with Gasteiger partial charge < -0.3 is 5.73 Å². The van der Waals surface area contributed by atoms with E-state index in [1.54, 1.807) is 0 Å². The van der Waals surface area contributed by atoms with E-state index < -0.39 is 0 Å². The van der Waals surface area contributed by atoms with Crippen molar-refractivity contribution in [3.05, 3.63) is 111 Å². The average Bonchev–Trinajstić information content (AvgIpc) is 3.13. The maximum atomic E-state index is 6.73. The smallest absolute Gasteiger partial charge is 0.0841 e. The van der Waals surface area contributed by atoms with Gasteiger partial charge in [0.25, 0.3) is 0 Å². The first kappa shape index (κ1) is 23.1. The Morgan fingerprint density at radius 2 is 1.82 bits per heavy atom. The fourth-order valence-corrected chi connectivity index (χ4v) is 4.99. The third kappa shape index (κ3) is 5.12. The first-order valence-electron chi connectivity index (χ1n) is 11.4. The lowest BCUT2D eigenvalue weighted by molar-refractivity contribution is 0.575. The molecule has 0 spiro atoms. The number of allylic oxidation sites excluding steroid dienone is 4. The molecule has 0 heterocycles. The van der Waals surface area contributed by atoms with E-state index in [0.717, 1.165) is 34.5 Å². The van der Waals surface area contributed by atoms with Crippen LogP contribution in [0.3, 0.4) is 0 Å². The van der Waals surface area contributed by atoms with Gasteiger partial charge in [-0.05, 0) is 84.8 Å². The quantitative estimate of drug-likeness (QED) is 0.297. The highest BCUT2D eigenvalue weighted by Gasteiger charge is 2.31. The minimum Gasteiger partial charge on any atom is -0.399 e. The number of halogens is 1. The highest BCUT2D eigenvalue weighted by molar-refractivity contribution is 6.33. The second-order valence-electron chi connectivity index (χ2n) is 9.35. The van der Waals surface area contributed by atoms with Gasteiger partial charge in [0.05, 0.1) is 10.7 Å². The third-order valence-electron chi connectivity index (χ3n) is 6.46. The lowest BCUT2D eigenvalue weighted by Gasteiger charge is -2.28. The Kier molecular flexibility index (Phi) is 6.58. The minimum absolute atomic E-state index is 0.0756. The zero-order valence-electron chi connectivity index (χ0n) is 19.8. The summed E-state index contributed by atoms with van der Waals surface area (Å²) < 4.78 is 0. The maximum Gasteiger partial charge on any atom is 0.0841 e. The Hall–Kier alpha value is -3.10. The minimum atomic E-state index is -0.0756. The molecule has 1 aliphatic carbocycles. The predicted octanol–water partition coefficient (Wildman–Crippen LogP) is 7.99. The van der Waals surface area contributed by atoms with Crippen molar-refractivity contribution in [3.8, 4) is 0 Å². The summed E-state index contributed by atoms with van der Waals surface area (Å²) in [5, 5.41) is 0.676. The van der Waals surface area contributed by atoms with Crippen LogP contribution < -0.4 is 5.73 Å². The normalized spacial score (nSPS) is 17.7. The molecule has 1 aliphatic rings. The van der Waals surface area contributed by atoms with Crippen molar-refractivity contribution >= 4 is 34.8 Å². The van der Waals surface area contributed by atoms with Crippen LogP contribution in [0.1, 0.15) is 40.3 Å². The molecule has 168 valence electrons. The molecule has 1 atom stereocenters. The number of nitrogens with two attached hydrogens (primary N) is 1. The molecule has 33 heavy (non-hydrogen) atoms. The van der Waals surface area contributed by atoms with Crippen LogP contribution in [0.4, 0.5) is 11.4 Å². The van der Waals surface area contributed by atoms with Gasteiger partial charge in [-0.15, -0.1) is 0 Å². The summed E-state index contributed by atoms with van der Waals surface area (Å²) in [5.41, 5.74) is 16.1. The summed E-state index contributed by atoms with van der Waals surface area (Å²) in [4.78, 5) is 4.69. The van der Waals surface area contributed by atoms with Crippen LogP contribution in [0.2, 0.25) is 5.02 Å². The van der Waals surface area contributed by atoms with E-state index in [-0.39, 0.29) is 5.41 Å². The fourth-order valence-electron chi connectivity index (χ4n) is 4.67. The SMILES string of the molecule is Cc1ccc(CC2(C)C=CC=C2c2cc(C)c(N=CCc3cccc(N)c3)c(Cl)c2)c(C)c1. The molecule has 1 unspecified atom stereocenters. The second kappa shape index (κ2) is 9.41. The zero-order chi connectivity index (χ0) is 23.6. The van der Waals surface area contributed by atoms with Crippen LogP contribution in [-0.2, 0) is 12.8 Å². The van der Waals surface area contributed by atoms with E-state index in [4.69, 9.17) is 17.3 Å². The summed E-state index contributed by atoms with van der Waals surface area (Å²) >= 11 is 6.73. The summed E-state index contributed by atoms with van der Waals surface area (Å²) in [6.45, 7) is 8.73. The number of aliphatic imine (C=N–C) groups is 1. The van der Waals surface area contributed by atoms with Gasteiger partial charge in [0, 0.05) is 23.7 Å². The zero-order valence-corrected chi connectivity index (χ0v) is 20.6. The highest BCUT2D eigenvalue weighted by Crippen LogP contribution is 2.45. The average molecular weight is 455 g/mol. The Bertz CT molecular complexity index is 1260. The van der Waals surface area contributed by atoms with E-state index >= 15 is 0 Å². The number of hydrogen-bond donors (Lipinski definition) is 1. The molecule has 3 heteroatoms. The van der Waals surface area contributed by atoms with Crippen LogP contribution in [0.15, 0.2) is 77.8 Å². The van der Waals surface area contributed by atoms with Gasteiger partial charge in [-0.2, -0.15) is 0 Å².